The van der Waals surface area contributed by atoms with E-state index in [1.807, 2.05) is 0 Å². The van der Waals surface area contributed by atoms with Gasteiger partial charge in [-0.25, -0.2) is 4.79 Å². The fourth-order valence-corrected chi connectivity index (χ4v) is 1.25. The normalized spacial score (nSPS) is 9.12. The fourth-order valence-electron chi connectivity index (χ4n) is 1.08. The maximum atomic E-state index is 10.7. The lowest BCUT2D eigenvalue weighted by molar-refractivity contribution is 0.259. The summed E-state index contributed by atoms with van der Waals surface area (Å²) in [6, 6.07) is 4.21. The first-order chi connectivity index (χ1) is 7.63. The molecule has 0 unspecified atom stereocenters. The van der Waals surface area contributed by atoms with Crippen molar-refractivity contribution in [2.75, 3.05) is 11.9 Å². The monoisotopic (exact) mass is 238 g/mol. The topological polar surface area (TPSA) is 75.4 Å². The third-order valence-electron chi connectivity index (χ3n) is 1.70. The van der Waals surface area contributed by atoms with Crippen LogP contribution in [0.25, 0.3) is 0 Å². The number of urea groups is 1. The number of hydrogen-bond acceptors (Lipinski definition) is 2. The van der Waals surface area contributed by atoms with Crippen molar-refractivity contribution in [2.45, 2.75) is 6.42 Å². The second-order valence-electron chi connectivity index (χ2n) is 2.95. The molecule has 0 radical (unpaired) electrons. The first-order valence-corrected chi connectivity index (χ1v) is 4.97. The summed E-state index contributed by atoms with van der Waals surface area (Å²) >= 11 is 5.81. The number of nitrogens with two attached hydrogens (primary N) is 1. The average molecular weight is 239 g/mol. The summed E-state index contributed by atoms with van der Waals surface area (Å²) in [5, 5.41) is 11.6. The number of carbonyl (C=O) groups excluding carboxylic acids is 1. The van der Waals surface area contributed by atoms with Crippen LogP contribution in [0.15, 0.2) is 18.2 Å². The van der Waals surface area contributed by atoms with Gasteiger partial charge in [-0.15, -0.1) is 0 Å². The smallest absolute Gasteiger partial charge is 0.316 e. The summed E-state index contributed by atoms with van der Waals surface area (Å²) in [6.07, 6.45) is 0.364. The molecule has 0 atom stereocenters. The van der Waals surface area contributed by atoms with Crippen LogP contribution in [0.2, 0.25) is 5.02 Å². The van der Waals surface area contributed by atoms with E-state index in [2.05, 4.69) is 17.2 Å². The van der Waals surface area contributed by atoms with Gasteiger partial charge in [0.1, 0.15) is 0 Å². The van der Waals surface area contributed by atoms with E-state index >= 15 is 0 Å². The number of aliphatic hydroxyl groups is 1. The van der Waals surface area contributed by atoms with Crippen molar-refractivity contribution in [1.29, 1.82) is 0 Å². The second kappa shape index (κ2) is 6.01. The number of amides is 2. The Bertz CT molecular complexity index is 449. The maximum Gasteiger partial charge on any atom is 0.316 e. The third-order valence-corrected chi connectivity index (χ3v) is 1.93. The van der Waals surface area contributed by atoms with Gasteiger partial charge in [0.15, 0.2) is 0 Å². The van der Waals surface area contributed by atoms with Gasteiger partial charge in [-0.3, -0.25) is 0 Å². The molecule has 2 amide bonds. The van der Waals surface area contributed by atoms with Crippen molar-refractivity contribution in [2.24, 2.45) is 5.73 Å². The Morgan fingerprint density at radius 2 is 2.31 bits per heavy atom. The molecule has 84 valence electrons. The quantitative estimate of drug-likeness (QED) is 0.684. The molecular formula is C11H11ClN2O2. The van der Waals surface area contributed by atoms with Gasteiger partial charge in [0.25, 0.3) is 0 Å². The largest absolute Gasteiger partial charge is 0.395 e. The third kappa shape index (κ3) is 3.81. The van der Waals surface area contributed by atoms with Crippen LogP contribution in [-0.2, 0) is 0 Å². The molecule has 0 aliphatic rings. The number of nitrogens with one attached hydrogen (secondary N) is 1. The first kappa shape index (κ1) is 12.4. The Morgan fingerprint density at radius 3 is 2.94 bits per heavy atom. The summed E-state index contributed by atoms with van der Waals surface area (Å²) in [5.41, 5.74) is 6.09. The molecule has 0 bridgehead atoms. The highest BCUT2D eigenvalue weighted by molar-refractivity contribution is 6.30. The molecule has 1 aromatic carbocycles. The minimum Gasteiger partial charge on any atom is -0.395 e. The Balaban J connectivity index is 2.99. The number of primary amides is 1. The number of halogens is 1. The lowest BCUT2D eigenvalue weighted by atomic mass is 10.2. The zero-order valence-electron chi connectivity index (χ0n) is 8.46. The molecule has 4 nitrogen and oxygen atoms in total. The molecule has 0 saturated carbocycles. The number of rotatable bonds is 2. The summed E-state index contributed by atoms with van der Waals surface area (Å²) in [4.78, 5) is 10.7. The van der Waals surface area contributed by atoms with E-state index in [4.69, 9.17) is 22.4 Å². The van der Waals surface area contributed by atoms with Crippen LogP contribution in [0.4, 0.5) is 10.5 Å². The van der Waals surface area contributed by atoms with Crippen molar-refractivity contribution in [3.63, 3.8) is 0 Å². The zero-order chi connectivity index (χ0) is 12.0. The molecule has 16 heavy (non-hydrogen) atoms. The summed E-state index contributed by atoms with van der Waals surface area (Å²) in [7, 11) is 0. The average Bonchev–Trinajstić information content (AvgIpc) is 2.22. The highest BCUT2D eigenvalue weighted by Crippen LogP contribution is 2.19. The Kier molecular flexibility index (Phi) is 4.65. The van der Waals surface area contributed by atoms with Crippen LogP contribution < -0.4 is 11.1 Å². The standard InChI is InChI=1S/C11H11ClN2O2/c12-9-4-5-10(14-11(13)16)8(7-9)3-1-2-6-15/h4-5,7,15H,2,6H2,(H3,13,14,16). The highest BCUT2D eigenvalue weighted by Gasteiger charge is 2.02. The van der Waals surface area contributed by atoms with E-state index < -0.39 is 6.03 Å². The van der Waals surface area contributed by atoms with Crippen LogP contribution in [-0.4, -0.2) is 17.7 Å². The number of hydrogen-bond donors (Lipinski definition) is 3. The molecule has 0 heterocycles. The molecule has 0 aromatic heterocycles. The van der Waals surface area contributed by atoms with Crippen LogP contribution in [0.1, 0.15) is 12.0 Å². The van der Waals surface area contributed by atoms with Gasteiger partial charge in [-0.1, -0.05) is 23.4 Å². The minimum absolute atomic E-state index is 0.00779. The highest BCUT2D eigenvalue weighted by atomic mass is 35.5. The van der Waals surface area contributed by atoms with Gasteiger partial charge < -0.3 is 16.2 Å². The molecule has 4 N–H and O–H groups in total. The molecule has 0 aliphatic heterocycles. The van der Waals surface area contributed by atoms with Gasteiger partial charge >= 0.3 is 6.03 Å². The number of anilines is 1. The van der Waals surface area contributed by atoms with E-state index in [9.17, 15) is 4.79 Å². The molecule has 0 spiro atoms. The number of carbonyl (C=O) groups is 1. The molecular weight excluding hydrogens is 228 g/mol. The van der Waals surface area contributed by atoms with E-state index in [0.717, 1.165) is 0 Å². The van der Waals surface area contributed by atoms with Crippen molar-refractivity contribution >= 4 is 23.3 Å². The van der Waals surface area contributed by atoms with Crippen LogP contribution in [0.3, 0.4) is 0 Å². The Labute approximate surface area is 98.4 Å². The van der Waals surface area contributed by atoms with E-state index in [0.29, 0.717) is 22.7 Å². The van der Waals surface area contributed by atoms with Gasteiger partial charge in [-0.2, -0.15) is 0 Å². The lowest BCUT2D eigenvalue weighted by Crippen LogP contribution is -2.19. The van der Waals surface area contributed by atoms with Crippen molar-refractivity contribution < 1.29 is 9.90 Å². The van der Waals surface area contributed by atoms with E-state index in [-0.39, 0.29) is 6.61 Å². The van der Waals surface area contributed by atoms with Crippen LogP contribution in [0, 0.1) is 11.8 Å². The molecule has 0 aliphatic carbocycles. The fraction of sp³-hybridized carbons (Fsp3) is 0.182. The molecule has 5 heteroatoms. The number of aliphatic hydroxyl groups excluding tert-OH is 1. The first-order valence-electron chi connectivity index (χ1n) is 4.59. The van der Waals surface area contributed by atoms with Gasteiger partial charge in [0, 0.05) is 17.0 Å². The molecule has 1 aromatic rings. The summed E-state index contributed by atoms with van der Waals surface area (Å²) in [5.74, 6) is 5.54. The van der Waals surface area contributed by atoms with E-state index in [1.54, 1.807) is 18.2 Å². The van der Waals surface area contributed by atoms with E-state index in [1.165, 1.54) is 0 Å². The second-order valence-corrected chi connectivity index (χ2v) is 3.39. The van der Waals surface area contributed by atoms with Gasteiger partial charge in [-0.05, 0) is 18.2 Å². The minimum atomic E-state index is -0.660. The summed E-state index contributed by atoms with van der Waals surface area (Å²) in [6.45, 7) is -0.00779. The van der Waals surface area contributed by atoms with Gasteiger partial charge in [0.2, 0.25) is 0 Å². The Morgan fingerprint density at radius 1 is 1.56 bits per heavy atom. The predicted octanol–water partition coefficient (Wildman–Crippen LogP) is 1.56. The van der Waals surface area contributed by atoms with Gasteiger partial charge in [0.05, 0.1) is 12.3 Å². The Hall–Kier alpha value is -1.70. The molecule has 0 fully saturated rings. The van der Waals surface area contributed by atoms with Crippen molar-refractivity contribution in [3.05, 3.63) is 28.8 Å². The van der Waals surface area contributed by atoms with Crippen molar-refractivity contribution in [3.8, 4) is 11.8 Å². The molecule has 0 saturated heterocycles. The zero-order valence-corrected chi connectivity index (χ0v) is 9.21. The lowest BCUT2D eigenvalue weighted by Gasteiger charge is -2.04. The maximum absolute atomic E-state index is 10.7. The molecule has 1 rings (SSSR count). The predicted molar refractivity (Wildman–Crippen MR) is 63.2 cm³/mol. The van der Waals surface area contributed by atoms with Crippen molar-refractivity contribution in [1.82, 2.24) is 0 Å². The van der Waals surface area contributed by atoms with Crippen LogP contribution >= 0.6 is 11.6 Å². The van der Waals surface area contributed by atoms with Crippen LogP contribution in [0.5, 0.6) is 0 Å². The summed E-state index contributed by atoms with van der Waals surface area (Å²) < 4.78 is 0. The SMILES string of the molecule is NC(=O)Nc1ccc(Cl)cc1C#CCCO. The number of benzene rings is 1.